The van der Waals surface area contributed by atoms with Crippen LogP contribution in [-0.4, -0.2) is 101 Å². The number of guanidine groups is 1. The van der Waals surface area contributed by atoms with Crippen LogP contribution in [0, 0.1) is 5.92 Å². The molecule has 158 valence electrons. The van der Waals surface area contributed by atoms with Crippen LogP contribution in [0.4, 0.5) is 0 Å². The molecule has 0 aliphatic carbocycles. The highest BCUT2D eigenvalue weighted by atomic mass is 16.5. The van der Waals surface area contributed by atoms with E-state index in [4.69, 9.17) is 14.2 Å². The number of methoxy groups -OCH3 is 1. The Morgan fingerprint density at radius 2 is 2.00 bits per heavy atom. The summed E-state index contributed by atoms with van der Waals surface area (Å²) < 4.78 is 17.0. The fourth-order valence-corrected chi connectivity index (χ4v) is 3.81. The molecule has 1 N–H and O–H groups in total. The highest BCUT2D eigenvalue weighted by Gasteiger charge is 2.24. The minimum absolute atomic E-state index is 0.232. The van der Waals surface area contributed by atoms with Gasteiger partial charge in [0.2, 0.25) is 0 Å². The van der Waals surface area contributed by atoms with Gasteiger partial charge < -0.3 is 24.4 Å². The lowest BCUT2D eigenvalue weighted by molar-refractivity contribution is -0.0289. The largest absolute Gasteiger partial charge is 0.385 e. The molecule has 0 aromatic carbocycles. The van der Waals surface area contributed by atoms with Crippen molar-refractivity contribution >= 4 is 5.96 Å². The van der Waals surface area contributed by atoms with Gasteiger partial charge in [0.15, 0.2) is 5.96 Å². The Balaban J connectivity index is 1.67. The van der Waals surface area contributed by atoms with Crippen LogP contribution < -0.4 is 5.32 Å². The van der Waals surface area contributed by atoms with Crippen LogP contribution in [0.5, 0.6) is 0 Å². The van der Waals surface area contributed by atoms with Crippen molar-refractivity contribution < 1.29 is 14.2 Å². The molecule has 0 saturated carbocycles. The summed E-state index contributed by atoms with van der Waals surface area (Å²) in [5, 5.41) is 3.52. The van der Waals surface area contributed by atoms with Crippen LogP contribution >= 0.6 is 0 Å². The first-order valence-electron chi connectivity index (χ1n) is 10.5. The van der Waals surface area contributed by atoms with Crippen LogP contribution in [0.2, 0.25) is 0 Å². The minimum atomic E-state index is 0.232. The molecule has 1 atom stereocenters. The average molecular weight is 385 g/mol. The molecular weight excluding hydrogens is 344 g/mol. The number of morpholine rings is 1. The summed E-state index contributed by atoms with van der Waals surface area (Å²) >= 11 is 0. The maximum absolute atomic E-state index is 5.95. The number of hydrogen-bond acceptors (Lipinski definition) is 5. The Bertz CT molecular complexity index is 425. The van der Waals surface area contributed by atoms with Gasteiger partial charge in [-0.3, -0.25) is 9.89 Å². The Kier molecular flexibility index (Phi) is 10.4. The summed E-state index contributed by atoms with van der Waals surface area (Å²) in [5.41, 5.74) is 0. The van der Waals surface area contributed by atoms with Gasteiger partial charge in [0, 0.05) is 66.6 Å². The fraction of sp³-hybridized carbons (Fsp3) is 0.950. The standard InChI is InChI=1S/C20H40N4O3/c1-17(2)15-23-10-13-27-19(16-23)14-22-20(21-3)24-8-6-18(7-9-24)26-12-5-11-25-4/h17-19H,5-16H2,1-4H3,(H,21,22). The molecule has 1 unspecified atom stereocenters. The zero-order valence-electron chi connectivity index (χ0n) is 17.8. The Labute approximate surface area is 165 Å². The molecule has 0 aromatic heterocycles. The van der Waals surface area contributed by atoms with Crippen molar-refractivity contribution in [1.29, 1.82) is 0 Å². The van der Waals surface area contributed by atoms with Crippen LogP contribution in [0.1, 0.15) is 33.1 Å². The van der Waals surface area contributed by atoms with Crippen LogP contribution in [0.25, 0.3) is 0 Å². The van der Waals surface area contributed by atoms with Gasteiger partial charge in [-0.1, -0.05) is 13.8 Å². The molecular formula is C20H40N4O3. The van der Waals surface area contributed by atoms with Crippen LogP contribution in [-0.2, 0) is 14.2 Å². The molecule has 0 aromatic rings. The topological polar surface area (TPSA) is 58.6 Å². The van der Waals surface area contributed by atoms with Gasteiger partial charge in [-0.05, 0) is 25.2 Å². The summed E-state index contributed by atoms with van der Waals surface area (Å²) in [6, 6.07) is 0. The summed E-state index contributed by atoms with van der Waals surface area (Å²) in [5.74, 6) is 1.68. The number of nitrogens with one attached hydrogen (secondary N) is 1. The normalized spacial score (nSPS) is 23.2. The minimum Gasteiger partial charge on any atom is -0.385 e. The second-order valence-electron chi connectivity index (χ2n) is 7.98. The summed E-state index contributed by atoms with van der Waals surface area (Å²) in [6.45, 7) is 12.9. The summed E-state index contributed by atoms with van der Waals surface area (Å²) in [7, 11) is 3.60. The summed E-state index contributed by atoms with van der Waals surface area (Å²) in [4.78, 5) is 9.33. The van der Waals surface area contributed by atoms with E-state index in [0.717, 1.165) is 84.3 Å². The Morgan fingerprint density at radius 3 is 2.67 bits per heavy atom. The number of hydrogen-bond donors (Lipinski definition) is 1. The SMILES string of the molecule is CN=C(NCC1CN(CC(C)C)CCO1)N1CCC(OCCCOC)CC1. The van der Waals surface area contributed by atoms with E-state index in [1.54, 1.807) is 7.11 Å². The van der Waals surface area contributed by atoms with E-state index in [2.05, 4.69) is 34.0 Å². The van der Waals surface area contributed by atoms with E-state index >= 15 is 0 Å². The monoisotopic (exact) mass is 384 g/mol. The van der Waals surface area contributed by atoms with E-state index < -0.39 is 0 Å². The molecule has 27 heavy (non-hydrogen) atoms. The lowest BCUT2D eigenvalue weighted by Crippen LogP contribution is -2.52. The number of nitrogens with zero attached hydrogens (tertiary/aromatic N) is 3. The molecule has 0 bridgehead atoms. The molecule has 7 heteroatoms. The number of ether oxygens (including phenoxy) is 3. The molecule has 2 heterocycles. The number of aliphatic imine (C=N–C) groups is 1. The van der Waals surface area contributed by atoms with Gasteiger partial charge in [0.1, 0.15) is 0 Å². The quantitative estimate of drug-likeness (QED) is 0.369. The van der Waals surface area contributed by atoms with Gasteiger partial charge in [-0.25, -0.2) is 0 Å². The highest BCUT2D eigenvalue weighted by molar-refractivity contribution is 5.80. The first-order chi connectivity index (χ1) is 13.1. The lowest BCUT2D eigenvalue weighted by Gasteiger charge is -2.36. The van der Waals surface area contributed by atoms with E-state index in [0.29, 0.717) is 12.0 Å². The van der Waals surface area contributed by atoms with Crippen molar-refractivity contribution in [2.75, 3.05) is 73.2 Å². The zero-order valence-corrected chi connectivity index (χ0v) is 17.8. The van der Waals surface area contributed by atoms with Crippen molar-refractivity contribution in [3.05, 3.63) is 0 Å². The predicted octanol–water partition coefficient (Wildman–Crippen LogP) is 1.44. The van der Waals surface area contributed by atoms with Gasteiger partial charge in [0.25, 0.3) is 0 Å². The first kappa shape index (κ1) is 22.4. The van der Waals surface area contributed by atoms with E-state index in [9.17, 15) is 0 Å². The van der Waals surface area contributed by atoms with E-state index in [-0.39, 0.29) is 6.10 Å². The van der Waals surface area contributed by atoms with Crippen molar-refractivity contribution in [1.82, 2.24) is 15.1 Å². The Hall–Kier alpha value is -0.890. The third kappa shape index (κ3) is 8.34. The number of piperidine rings is 1. The molecule has 2 aliphatic heterocycles. The number of rotatable bonds is 9. The second-order valence-corrected chi connectivity index (χ2v) is 7.98. The molecule has 7 nitrogen and oxygen atoms in total. The molecule has 2 fully saturated rings. The third-order valence-corrected chi connectivity index (χ3v) is 5.13. The van der Waals surface area contributed by atoms with E-state index in [1.165, 1.54) is 0 Å². The van der Waals surface area contributed by atoms with Gasteiger partial charge in [-0.15, -0.1) is 0 Å². The Morgan fingerprint density at radius 1 is 1.22 bits per heavy atom. The van der Waals surface area contributed by atoms with Crippen molar-refractivity contribution in [3.63, 3.8) is 0 Å². The smallest absolute Gasteiger partial charge is 0.193 e. The molecule has 2 rings (SSSR count). The van der Waals surface area contributed by atoms with Gasteiger partial charge in [0.05, 0.1) is 18.8 Å². The predicted molar refractivity (Wildman–Crippen MR) is 109 cm³/mol. The van der Waals surface area contributed by atoms with Crippen molar-refractivity contribution in [2.24, 2.45) is 10.9 Å². The molecule has 0 spiro atoms. The highest BCUT2D eigenvalue weighted by Crippen LogP contribution is 2.14. The van der Waals surface area contributed by atoms with Crippen LogP contribution in [0.3, 0.4) is 0 Å². The van der Waals surface area contributed by atoms with Gasteiger partial charge in [-0.2, -0.15) is 0 Å². The lowest BCUT2D eigenvalue weighted by atomic mass is 10.1. The van der Waals surface area contributed by atoms with Crippen molar-refractivity contribution in [2.45, 2.75) is 45.3 Å². The molecule has 0 amide bonds. The fourth-order valence-electron chi connectivity index (χ4n) is 3.81. The van der Waals surface area contributed by atoms with Crippen LogP contribution in [0.15, 0.2) is 4.99 Å². The summed E-state index contributed by atoms with van der Waals surface area (Å²) in [6.07, 6.45) is 3.67. The maximum Gasteiger partial charge on any atom is 0.193 e. The van der Waals surface area contributed by atoms with E-state index in [1.807, 2.05) is 7.05 Å². The average Bonchev–Trinajstić information content (AvgIpc) is 2.66. The number of likely N-dealkylation sites (tertiary alicyclic amines) is 1. The zero-order chi connectivity index (χ0) is 19.5. The second kappa shape index (κ2) is 12.5. The van der Waals surface area contributed by atoms with Gasteiger partial charge >= 0.3 is 0 Å². The maximum atomic E-state index is 5.95. The first-order valence-corrected chi connectivity index (χ1v) is 10.5. The van der Waals surface area contributed by atoms with Crippen molar-refractivity contribution in [3.8, 4) is 0 Å². The molecule has 2 aliphatic rings. The molecule has 0 radical (unpaired) electrons. The molecule has 2 saturated heterocycles. The third-order valence-electron chi connectivity index (χ3n) is 5.13.